The largest absolute Gasteiger partial charge is 0.382 e. The molecular weight excluding hydrogens is 536 g/mol. The van der Waals surface area contributed by atoms with Crippen LogP contribution in [0.4, 0.5) is 26.1 Å². The van der Waals surface area contributed by atoms with Gasteiger partial charge in [-0.25, -0.2) is 23.7 Å². The molecule has 1 fully saturated rings. The Bertz CT molecular complexity index is 1380. The normalized spacial score (nSPS) is 17.3. The van der Waals surface area contributed by atoms with Crippen molar-refractivity contribution in [3.05, 3.63) is 34.7 Å². The van der Waals surface area contributed by atoms with Crippen LogP contribution in [0.5, 0.6) is 0 Å². The molecule has 5 heterocycles. The van der Waals surface area contributed by atoms with E-state index < -0.39 is 11.8 Å². The number of anilines is 3. The molecule has 0 aliphatic carbocycles. The van der Waals surface area contributed by atoms with Crippen molar-refractivity contribution in [1.82, 2.24) is 30.5 Å². The van der Waals surface area contributed by atoms with Gasteiger partial charge in [-0.05, 0) is 59.6 Å². The number of hydrogen-bond donors (Lipinski definition) is 3. The summed E-state index contributed by atoms with van der Waals surface area (Å²) in [6.45, 7) is 13.1. The Hall–Kier alpha value is -3.32. The van der Waals surface area contributed by atoms with Crippen LogP contribution in [0.3, 0.4) is 0 Å². The molecule has 5 rings (SSSR count). The fourth-order valence-corrected chi connectivity index (χ4v) is 5.81. The summed E-state index contributed by atoms with van der Waals surface area (Å²) in [6.07, 6.45) is 0.454. The van der Waals surface area contributed by atoms with E-state index in [-0.39, 0.29) is 22.4 Å². The first kappa shape index (κ1) is 28.2. The molecule has 0 spiro atoms. The van der Waals surface area contributed by atoms with Gasteiger partial charge < -0.3 is 20.9 Å². The van der Waals surface area contributed by atoms with E-state index >= 15 is 0 Å². The molecule has 10 nitrogen and oxygen atoms in total. The van der Waals surface area contributed by atoms with Gasteiger partial charge in [-0.15, -0.1) is 10.2 Å². The summed E-state index contributed by atoms with van der Waals surface area (Å²) in [5.74, 6) is 1.42. The number of nitrogens with zero attached hydrogens (tertiary/aromatic N) is 6. The number of piperidine rings is 1. The van der Waals surface area contributed by atoms with Crippen molar-refractivity contribution in [1.29, 1.82) is 0 Å². The zero-order chi connectivity index (χ0) is 28.7. The molecule has 214 valence electrons. The van der Waals surface area contributed by atoms with Crippen LogP contribution in [-0.4, -0.2) is 62.8 Å². The monoisotopic (exact) mass is 571 g/mol. The summed E-state index contributed by atoms with van der Waals surface area (Å²) in [7, 11) is 0. The minimum atomic E-state index is -2.66. The summed E-state index contributed by atoms with van der Waals surface area (Å²) < 4.78 is 26.3. The summed E-state index contributed by atoms with van der Waals surface area (Å²) in [4.78, 5) is 28.6. The highest BCUT2D eigenvalue weighted by molar-refractivity contribution is 7.14. The number of carbonyl (C=O) groups excluding carboxylic acids is 1. The van der Waals surface area contributed by atoms with E-state index in [9.17, 15) is 13.6 Å². The third-order valence-electron chi connectivity index (χ3n) is 7.30. The van der Waals surface area contributed by atoms with E-state index in [0.717, 1.165) is 66.6 Å². The first-order valence-electron chi connectivity index (χ1n) is 13.5. The number of carbonyl (C=O) groups is 1. The number of amides is 1. The highest BCUT2D eigenvalue weighted by Crippen LogP contribution is 2.43. The highest BCUT2D eigenvalue weighted by atomic mass is 32.1. The number of rotatable bonds is 8. The second kappa shape index (κ2) is 10.9. The number of alkyl halides is 2. The third kappa shape index (κ3) is 5.75. The van der Waals surface area contributed by atoms with Crippen LogP contribution in [-0.2, 0) is 10.2 Å². The lowest BCUT2D eigenvalue weighted by molar-refractivity contribution is -0.119. The zero-order valence-corrected chi connectivity index (χ0v) is 24.2. The van der Waals surface area contributed by atoms with Crippen molar-refractivity contribution in [2.45, 2.75) is 70.8 Å². The van der Waals surface area contributed by atoms with Crippen LogP contribution >= 0.6 is 11.3 Å². The van der Waals surface area contributed by atoms with Gasteiger partial charge in [0.05, 0.1) is 22.4 Å². The molecule has 2 aliphatic rings. The second-order valence-electron chi connectivity index (χ2n) is 11.7. The van der Waals surface area contributed by atoms with E-state index in [1.54, 1.807) is 0 Å². The SMILES string of the molecule is CC(C)(C)NCCNc1ccc(-c2nnc(C(F)F)s2)nc1C1CCN(c2ncnc3c2C(C)(C)C(=O)N3)CC1. The first-order chi connectivity index (χ1) is 18.9. The number of fused-ring (bicyclic) bond motifs is 1. The predicted octanol–water partition coefficient (Wildman–Crippen LogP) is 4.74. The molecule has 1 amide bonds. The maximum absolute atomic E-state index is 13.2. The molecule has 40 heavy (non-hydrogen) atoms. The number of pyridine rings is 1. The Morgan fingerprint density at radius 1 is 1.15 bits per heavy atom. The van der Waals surface area contributed by atoms with Crippen molar-refractivity contribution >= 4 is 34.6 Å². The summed E-state index contributed by atoms with van der Waals surface area (Å²) in [5, 5.41) is 17.6. The molecule has 1 saturated heterocycles. The Morgan fingerprint density at radius 2 is 1.90 bits per heavy atom. The highest BCUT2D eigenvalue weighted by Gasteiger charge is 2.43. The molecule has 0 aromatic carbocycles. The van der Waals surface area contributed by atoms with E-state index in [1.165, 1.54) is 6.33 Å². The van der Waals surface area contributed by atoms with Gasteiger partial charge in [0.1, 0.15) is 23.7 Å². The Morgan fingerprint density at radius 3 is 2.58 bits per heavy atom. The minimum absolute atomic E-state index is 0.00949. The van der Waals surface area contributed by atoms with Crippen molar-refractivity contribution in [2.24, 2.45) is 0 Å². The molecule has 0 atom stereocenters. The van der Waals surface area contributed by atoms with Gasteiger partial charge in [-0.2, -0.15) is 0 Å². The van der Waals surface area contributed by atoms with Crippen molar-refractivity contribution in [3.63, 3.8) is 0 Å². The molecule has 13 heteroatoms. The summed E-state index contributed by atoms with van der Waals surface area (Å²) in [6, 6.07) is 3.77. The molecular formula is C27H35F2N9OS. The molecule has 3 aromatic heterocycles. The van der Waals surface area contributed by atoms with Gasteiger partial charge in [-0.3, -0.25) is 4.79 Å². The lowest BCUT2D eigenvalue weighted by Crippen LogP contribution is -2.39. The van der Waals surface area contributed by atoms with Crippen LogP contribution in [0.1, 0.15) is 76.1 Å². The standard InChI is InChI=1S/C27H35F2N9OS/c1-26(2,3)33-11-10-30-16-6-7-17(23-36-37-24(40-23)20(28)29)34-19(16)15-8-12-38(13-9-15)22-18-21(31-14-32-22)35-25(39)27(18,4)5/h6-7,14-15,20,30,33H,8-13H2,1-5H3,(H,31,32,35,39). The van der Waals surface area contributed by atoms with Gasteiger partial charge >= 0.3 is 0 Å². The van der Waals surface area contributed by atoms with Gasteiger partial charge in [-0.1, -0.05) is 11.3 Å². The summed E-state index contributed by atoms with van der Waals surface area (Å²) >= 11 is 0.867. The zero-order valence-electron chi connectivity index (χ0n) is 23.4. The van der Waals surface area contributed by atoms with E-state index in [4.69, 9.17) is 4.98 Å². The average molecular weight is 572 g/mol. The predicted molar refractivity (Wildman–Crippen MR) is 152 cm³/mol. The quantitative estimate of drug-likeness (QED) is 0.329. The van der Waals surface area contributed by atoms with Crippen LogP contribution in [0, 0.1) is 0 Å². The smallest absolute Gasteiger partial charge is 0.291 e. The molecule has 3 N–H and O–H groups in total. The lowest BCUT2D eigenvalue weighted by Gasteiger charge is -2.35. The number of aromatic nitrogens is 5. The second-order valence-corrected chi connectivity index (χ2v) is 12.7. The Kier molecular flexibility index (Phi) is 7.71. The topological polar surface area (TPSA) is 121 Å². The van der Waals surface area contributed by atoms with Gasteiger partial charge in [0, 0.05) is 37.6 Å². The maximum Gasteiger partial charge on any atom is 0.291 e. The molecule has 3 aromatic rings. The fourth-order valence-electron chi connectivity index (χ4n) is 5.14. The van der Waals surface area contributed by atoms with Gasteiger partial charge in [0.25, 0.3) is 6.43 Å². The van der Waals surface area contributed by atoms with E-state index in [2.05, 4.69) is 61.8 Å². The lowest BCUT2D eigenvalue weighted by atomic mass is 9.86. The average Bonchev–Trinajstić information content (AvgIpc) is 3.49. The number of hydrogen-bond acceptors (Lipinski definition) is 10. The van der Waals surface area contributed by atoms with E-state index in [0.29, 0.717) is 23.1 Å². The van der Waals surface area contributed by atoms with Crippen LogP contribution < -0.4 is 20.9 Å². The maximum atomic E-state index is 13.2. The molecule has 0 bridgehead atoms. The molecule has 0 radical (unpaired) electrons. The summed E-state index contributed by atoms with van der Waals surface area (Å²) in [5.41, 5.74) is 2.49. The number of nitrogens with one attached hydrogen (secondary N) is 3. The number of halogens is 2. The Balaban J connectivity index is 1.37. The fraction of sp³-hybridized carbons (Fsp3) is 0.556. The van der Waals surface area contributed by atoms with Crippen molar-refractivity contribution in [2.75, 3.05) is 41.7 Å². The van der Waals surface area contributed by atoms with Crippen LogP contribution in [0.25, 0.3) is 10.7 Å². The molecule has 0 unspecified atom stereocenters. The van der Waals surface area contributed by atoms with Crippen molar-refractivity contribution < 1.29 is 13.6 Å². The first-order valence-corrected chi connectivity index (χ1v) is 14.3. The van der Waals surface area contributed by atoms with Gasteiger partial charge in [0.2, 0.25) is 5.91 Å². The van der Waals surface area contributed by atoms with Gasteiger partial charge in [0.15, 0.2) is 10.0 Å². The molecule has 0 saturated carbocycles. The van der Waals surface area contributed by atoms with Crippen molar-refractivity contribution in [3.8, 4) is 10.7 Å². The third-order valence-corrected chi connectivity index (χ3v) is 8.25. The van der Waals surface area contributed by atoms with Crippen LogP contribution in [0.15, 0.2) is 18.5 Å². The molecule has 2 aliphatic heterocycles. The minimum Gasteiger partial charge on any atom is -0.382 e. The van der Waals surface area contributed by atoms with E-state index in [1.807, 2.05) is 26.0 Å². The van der Waals surface area contributed by atoms with Crippen LogP contribution in [0.2, 0.25) is 0 Å². The Labute approximate surface area is 236 Å².